The van der Waals surface area contributed by atoms with Crippen LogP contribution < -0.4 is 10.6 Å². The summed E-state index contributed by atoms with van der Waals surface area (Å²) in [6.45, 7) is 1.51. The summed E-state index contributed by atoms with van der Waals surface area (Å²) in [5.41, 5.74) is 0.695. The van der Waals surface area contributed by atoms with Crippen molar-refractivity contribution in [1.29, 1.82) is 5.26 Å². The van der Waals surface area contributed by atoms with E-state index >= 15 is 0 Å². The minimum absolute atomic E-state index is 0.00105. The number of rotatable bonds is 4. The van der Waals surface area contributed by atoms with Crippen LogP contribution in [0.3, 0.4) is 0 Å². The normalized spacial score (nSPS) is 18.8. The first-order chi connectivity index (χ1) is 15.2. The molecule has 3 aromatic rings. The molecular formula is C23H22F3N5O. The lowest BCUT2D eigenvalue weighted by Crippen LogP contribution is -2.40. The standard InChI is InChI=1S/C23H22F3N5O/c1-14-10-18(11-20(19(14)12-27)23(24,25)26)29-16-3-5-17(6-4-16)30-22(32)15-2-7-21-28-8-9-31(21)13-15/h2,7-11,13,16-17,29H,3-6H2,1H3,(H,30,32). The first-order valence-electron chi connectivity index (χ1n) is 10.4. The Labute approximate surface area is 183 Å². The molecule has 0 aliphatic heterocycles. The van der Waals surface area contributed by atoms with Crippen molar-refractivity contribution in [2.24, 2.45) is 0 Å². The second-order valence-corrected chi connectivity index (χ2v) is 8.10. The van der Waals surface area contributed by atoms with Crippen LogP contribution in [-0.4, -0.2) is 27.4 Å². The second kappa shape index (κ2) is 8.54. The maximum Gasteiger partial charge on any atom is 0.417 e. The van der Waals surface area contributed by atoms with E-state index in [1.807, 2.05) is 0 Å². The Kier molecular flexibility index (Phi) is 5.78. The number of aromatic nitrogens is 2. The van der Waals surface area contributed by atoms with Gasteiger partial charge in [0.2, 0.25) is 0 Å². The molecule has 1 fully saturated rings. The molecule has 166 valence electrons. The molecule has 1 saturated carbocycles. The van der Waals surface area contributed by atoms with E-state index in [9.17, 15) is 18.0 Å². The number of hydrogen-bond acceptors (Lipinski definition) is 4. The highest BCUT2D eigenvalue weighted by atomic mass is 19.4. The van der Waals surface area contributed by atoms with Crippen LogP contribution in [0.4, 0.5) is 18.9 Å². The number of hydrogen-bond donors (Lipinski definition) is 2. The van der Waals surface area contributed by atoms with Crippen LogP contribution >= 0.6 is 0 Å². The lowest BCUT2D eigenvalue weighted by atomic mass is 9.90. The number of nitrogens with one attached hydrogen (secondary N) is 2. The van der Waals surface area contributed by atoms with Gasteiger partial charge in [0.05, 0.1) is 16.7 Å². The third-order valence-corrected chi connectivity index (χ3v) is 5.84. The van der Waals surface area contributed by atoms with Crippen LogP contribution in [0.2, 0.25) is 0 Å². The number of halogens is 3. The molecule has 0 saturated heterocycles. The van der Waals surface area contributed by atoms with Gasteiger partial charge in [0.1, 0.15) is 11.7 Å². The number of anilines is 1. The summed E-state index contributed by atoms with van der Waals surface area (Å²) >= 11 is 0. The molecule has 4 rings (SSSR count). The SMILES string of the molecule is Cc1cc(NC2CCC(NC(=O)c3ccc4nccn4c3)CC2)cc(C(F)(F)F)c1C#N. The fraction of sp³-hybridized carbons (Fsp3) is 0.348. The Morgan fingerprint density at radius 2 is 1.91 bits per heavy atom. The smallest absolute Gasteiger partial charge is 0.382 e. The Bertz CT molecular complexity index is 1190. The molecule has 1 amide bonds. The lowest BCUT2D eigenvalue weighted by Gasteiger charge is -2.30. The summed E-state index contributed by atoms with van der Waals surface area (Å²) < 4.78 is 41.8. The minimum Gasteiger partial charge on any atom is -0.382 e. The van der Waals surface area contributed by atoms with Crippen LogP contribution in [0.15, 0.2) is 42.9 Å². The molecule has 0 atom stereocenters. The number of imidazole rings is 1. The Morgan fingerprint density at radius 1 is 1.19 bits per heavy atom. The van der Waals surface area contributed by atoms with Gasteiger partial charge in [0.15, 0.2) is 0 Å². The van der Waals surface area contributed by atoms with E-state index in [1.54, 1.807) is 47.3 Å². The van der Waals surface area contributed by atoms with Crippen molar-refractivity contribution in [2.75, 3.05) is 5.32 Å². The van der Waals surface area contributed by atoms with Gasteiger partial charge in [-0.1, -0.05) is 0 Å². The molecule has 1 aliphatic rings. The van der Waals surface area contributed by atoms with Gasteiger partial charge in [0.25, 0.3) is 5.91 Å². The fourth-order valence-electron chi connectivity index (χ4n) is 4.18. The Balaban J connectivity index is 1.36. The van der Waals surface area contributed by atoms with Crippen molar-refractivity contribution in [3.8, 4) is 6.07 Å². The molecule has 32 heavy (non-hydrogen) atoms. The van der Waals surface area contributed by atoms with Gasteiger partial charge < -0.3 is 15.0 Å². The molecule has 1 aromatic carbocycles. The minimum atomic E-state index is -4.59. The third-order valence-electron chi connectivity index (χ3n) is 5.84. The summed E-state index contributed by atoms with van der Waals surface area (Å²) in [4.78, 5) is 16.7. The number of carbonyl (C=O) groups is 1. The third kappa shape index (κ3) is 4.54. The van der Waals surface area contributed by atoms with Crippen molar-refractivity contribution in [1.82, 2.24) is 14.7 Å². The van der Waals surface area contributed by atoms with E-state index in [1.165, 1.54) is 6.92 Å². The first-order valence-corrected chi connectivity index (χ1v) is 10.4. The summed E-state index contributed by atoms with van der Waals surface area (Å²) in [5, 5.41) is 15.3. The number of fused-ring (bicyclic) bond motifs is 1. The lowest BCUT2D eigenvalue weighted by molar-refractivity contribution is -0.137. The summed E-state index contributed by atoms with van der Waals surface area (Å²) in [6.07, 6.45) is 3.45. The maximum absolute atomic E-state index is 13.3. The number of aryl methyl sites for hydroxylation is 1. The van der Waals surface area contributed by atoms with Crippen LogP contribution in [0, 0.1) is 18.3 Å². The molecular weight excluding hydrogens is 419 g/mol. The van der Waals surface area contributed by atoms with Crippen LogP contribution in [0.25, 0.3) is 5.65 Å². The second-order valence-electron chi connectivity index (χ2n) is 8.10. The number of nitriles is 1. The maximum atomic E-state index is 13.3. The highest BCUT2D eigenvalue weighted by Gasteiger charge is 2.35. The van der Waals surface area contributed by atoms with Crippen LogP contribution in [0.5, 0.6) is 0 Å². The quantitative estimate of drug-likeness (QED) is 0.616. The molecule has 1 aliphatic carbocycles. The molecule has 9 heteroatoms. The molecule has 0 spiro atoms. The van der Waals surface area contributed by atoms with E-state index < -0.39 is 11.7 Å². The van der Waals surface area contributed by atoms with Gasteiger partial charge in [-0.05, 0) is 62.4 Å². The zero-order valence-electron chi connectivity index (χ0n) is 17.4. The molecule has 0 bridgehead atoms. The van der Waals surface area contributed by atoms with Crippen molar-refractivity contribution in [2.45, 2.75) is 50.9 Å². The van der Waals surface area contributed by atoms with E-state index in [4.69, 9.17) is 5.26 Å². The monoisotopic (exact) mass is 441 g/mol. The van der Waals surface area contributed by atoms with Crippen LogP contribution in [0.1, 0.15) is 52.7 Å². The van der Waals surface area contributed by atoms with Crippen molar-refractivity contribution in [3.05, 3.63) is 65.1 Å². The molecule has 6 nitrogen and oxygen atoms in total. The summed E-state index contributed by atoms with van der Waals surface area (Å²) in [7, 11) is 0. The van der Waals surface area contributed by atoms with Crippen molar-refractivity contribution < 1.29 is 18.0 Å². The average Bonchev–Trinajstić information content (AvgIpc) is 3.22. The van der Waals surface area contributed by atoms with Gasteiger partial charge >= 0.3 is 6.18 Å². The molecule has 0 unspecified atom stereocenters. The molecule has 2 aromatic heterocycles. The number of amides is 1. The predicted octanol–water partition coefficient (Wildman–Crippen LogP) is 4.69. The summed E-state index contributed by atoms with van der Waals surface area (Å²) in [6, 6.07) is 7.76. The van der Waals surface area contributed by atoms with Gasteiger partial charge in [-0.2, -0.15) is 18.4 Å². The molecule has 2 N–H and O–H groups in total. The van der Waals surface area contributed by atoms with Crippen LogP contribution in [-0.2, 0) is 6.18 Å². The zero-order valence-corrected chi connectivity index (χ0v) is 17.4. The van der Waals surface area contributed by atoms with Gasteiger partial charge in [-0.3, -0.25) is 4.79 Å². The molecule has 0 radical (unpaired) electrons. The topological polar surface area (TPSA) is 82.2 Å². The highest BCUT2D eigenvalue weighted by molar-refractivity contribution is 5.94. The first kappa shape index (κ1) is 21.7. The Morgan fingerprint density at radius 3 is 2.59 bits per heavy atom. The van der Waals surface area contributed by atoms with E-state index in [0.717, 1.165) is 24.6 Å². The fourth-order valence-corrected chi connectivity index (χ4v) is 4.18. The Hall–Kier alpha value is -3.54. The summed E-state index contributed by atoms with van der Waals surface area (Å²) in [5.74, 6) is -0.158. The van der Waals surface area contributed by atoms with E-state index in [2.05, 4.69) is 15.6 Å². The number of alkyl halides is 3. The average molecular weight is 441 g/mol. The highest BCUT2D eigenvalue weighted by Crippen LogP contribution is 2.36. The van der Waals surface area contributed by atoms with Gasteiger partial charge in [-0.15, -0.1) is 0 Å². The van der Waals surface area contributed by atoms with Gasteiger partial charge in [0, 0.05) is 36.4 Å². The van der Waals surface area contributed by atoms with E-state index in [-0.39, 0.29) is 23.6 Å². The molecule has 2 heterocycles. The zero-order chi connectivity index (χ0) is 22.9. The van der Waals surface area contributed by atoms with E-state index in [0.29, 0.717) is 29.7 Å². The van der Waals surface area contributed by atoms with Crippen molar-refractivity contribution >= 4 is 17.2 Å². The largest absolute Gasteiger partial charge is 0.417 e. The number of nitrogens with zero attached hydrogens (tertiary/aromatic N) is 3. The number of benzene rings is 1. The number of carbonyl (C=O) groups excluding carboxylic acids is 1. The predicted molar refractivity (Wildman–Crippen MR) is 113 cm³/mol. The van der Waals surface area contributed by atoms with Crippen molar-refractivity contribution in [3.63, 3.8) is 0 Å². The van der Waals surface area contributed by atoms with Gasteiger partial charge in [-0.25, -0.2) is 4.98 Å². The number of pyridine rings is 1.